The van der Waals surface area contributed by atoms with Gasteiger partial charge in [-0.2, -0.15) is 13.2 Å². The number of benzene rings is 3. The summed E-state index contributed by atoms with van der Waals surface area (Å²) in [5.41, 5.74) is 6.04. The maximum absolute atomic E-state index is 13.1. The number of aryl methyl sites for hydroxylation is 1. The number of nitrogens with zero attached hydrogens (tertiary/aromatic N) is 1. The van der Waals surface area contributed by atoms with Crippen molar-refractivity contribution in [2.75, 3.05) is 0 Å². The van der Waals surface area contributed by atoms with Gasteiger partial charge in [0.05, 0.1) is 21.3 Å². The van der Waals surface area contributed by atoms with Crippen molar-refractivity contribution in [3.63, 3.8) is 0 Å². The van der Waals surface area contributed by atoms with E-state index in [1.54, 1.807) is 35.9 Å². The van der Waals surface area contributed by atoms with Crippen molar-refractivity contribution in [1.82, 2.24) is 4.98 Å². The monoisotopic (exact) mass is 439 g/mol. The van der Waals surface area contributed by atoms with E-state index in [9.17, 15) is 18.0 Å². The third kappa shape index (κ3) is 4.54. The number of hydrogen-bond acceptors (Lipinski definition) is 3. The number of fused-ring (bicyclic) bond motifs is 1. The van der Waals surface area contributed by atoms with Crippen molar-refractivity contribution in [2.24, 2.45) is 5.92 Å². The van der Waals surface area contributed by atoms with Gasteiger partial charge < -0.3 is 0 Å². The maximum Gasteiger partial charge on any atom is 0.416 e. The zero-order chi connectivity index (χ0) is 22.2. The molecule has 0 bridgehead atoms. The fourth-order valence-electron chi connectivity index (χ4n) is 3.72. The largest absolute Gasteiger partial charge is 0.416 e. The van der Waals surface area contributed by atoms with Crippen LogP contribution in [0, 0.1) is 12.8 Å². The molecule has 0 saturated heterocycles. The van der Waals surface area contributed by atoms with Gasteiger partial charge in [0.1, 0.15) is 0 Å². The molecule has 158 valence electrons. The van der Waals surface area contributed by atoms with Gasteiger partial charge >= 0.3 is 6.18 Å². The molecule has 31 heavy (non-hydrogen) atoms. The molecule has 4 aromatic rings. The summed E-state index contributed by atoms with van der Waals surface area (Å²) in [6.07, 6.45) is -4.15. The summed E-state index contributed by atoms with van der Waals surface area (Å²) in [4.78, 5) is 17.4. The van der Waals surface area contributed by atoms with Crippen molar-refractivity contribution >= 4 is 27.3 Å². The second kappa shape index (κ2) is 8.27. The molecule has 0 aliphatic rings. The highest BCUT2D eigenvalue weighted by Gasteiger charge is 2.30. The average Bonchev–Trinajstić information content (AvgIpc) is 3.21. The first-order chi connectivity index (χ1) is 14.7. The number of Topliss-reactive ketones (excluding diaryl/α,β-unsaturated/α-hetero) is 1. The molecule has 0 aliphatic carbocycles. The number of thiazole rings is 1. The smallest absolute Gasteiger partial charge is 0.294 e. The van der Waals surface area contributed by atoms with Crippen molar-refractivity contribution in [2.45, 2.75) is 26.4 Å². The Morgan fingerprint density at radius 3 is 2.65 bits per heavy atom. The number of aromatic nitrogens is 1. The molecule has 1 atom stereocenters. The minimum atomic E-state index is -4.40. The van der Waals surface area contributed by atoms with Gasteiger partial charge in [-0.3, -0.25) is 4.79 Å². The molecule has 1 heterocycles. The first-order valence-electron chi connectivity index (χ1n) is 9.87. The van der Waals surface area contributed by atoms with Crippen LogP contribution in [-0.2, 0) is 12.6 Å². The fraction of sp³-hybridized carbons (Fsp3) is 0.200. The van der Waals surface area contributed by atoms with Gasteiger partial charge in [0.25, 0.3) is 0 Å². The highest BCUT2D eigenvalue weighted by molar-refractivity contribution is 7.16. The highest BCUT2D eigenvalue weighted by atomic mass is 32.1. The minimum absolute atomic E-state index is 0.0894. The molecule has 1 aromatic heterocycles. The molecule has 0 aliphatic heterocycles. The first kappa shape index (κ1) is 21.2. The van der Waals surface area contributed by atoms with Gasteiger partial charge in [0, 0.05) is 11.5 Å². The number of alkyl halides is 3. The quantitative estimate of drug-likeness (QED) is 0.304. The van der Waals surface area contributed by atoms with Gasteiger partial charge in [-0.05, 0) is 59.9 Å². The van der Waals surface area contributed by atoms with E-state index in [0.29, 0.717) is 11.1 Å². The van der Waals surface area contributed by atoms with Crippen LogP contribution in [-0.4, -0.2) is 10.8 Å². The van der Waals surface area contributed by atoms with Gasteiger partial charge in [-0.15, -0.1) is 11.3 Å². The van der Waals surface area contributed by atoms with Crippen LogP contribution in [0.1, 0.15) is 34.0 Å². The lowest BCUT2D eigenvalue weighted by Crippen LogP contribution is -2.15. The summed E-state index contributed by atoms with van der Waals surface area (Å²) in [6, 6.07) is 16.8. The standard InChI is InChI=1S/C25H20F3NOS/c1-15-6-7-19(12-21(15)18-8-9-23-22(13-18)29-14-31-23)24(30)16(2)10-17-4-3-5-20(11-17)25(26,27)28/h3-9,11-14,16H,10H2,1-2H3/t16-/m1/s1. The average molecular weight is 440 g/mol. The van der Waals surface area contributed by atoms with Crippen LogP contribution < -0.4 is 0 Å². The van der Waals surface area contributed by atoms with Crippen LogP contribution in [0.4, 0.5) is 13.2 Å². The summed E-state index contributed by atoms with van der Waals surface area (Å²) in [5, 5.41) is 0. The van der Waals surface area contributed by atoms with E-state index in [-0.39, 0.29) is 12.2 Å². The second-order valence-corrected chi connectivity index (χ2v) is 8.62. The van der Waals surface area contributed by atoms with Crippen LogP contribution in [0.3, 0.4) is 0 Å². The number of halogens is 3. The highest BCUT2D eigenvalue weighted by Crippen LogP contribution is 2.31. The second-order valence-electron chi connectivity index (χ2n) is 7.73. The Kier molecular flexibility index (Phi) is 5.67. The SMILES string of the molecule is Cc1ccc(C(=O)[C@H](C)Cc2cccc(C(F)(F)F)c2)cc1-c1ccc2scnc2c1. The van der Waals surface area contributed by atoms with Crippen LogP contribution in [0.5, 0.6) is 0 Å². The van der Waals surface area contributed by atoms with Crippen LogP contribution in [0.25, 0.3) is 21.3 Å². The molecule has 0 spiro atoms. The molecule has 0 amide bonds. The van der Waals surface area contributed by atoms with E-state index in [1.807, 2.05) is 37.3 Å². The van der Waals surface area contributed by atoms with Crippen LogP contribution in [0.15, 0.2) is 66.2 Å². The number of carbonyl (C=O) groups is 1. The van der Waals surface area contributed by atoms with E-state index < -0.39 is 17.7 Å². The maximum atomic E-state index is 13.1. The van der Waals surface area contributed by atoms with E-state index in [0.717, 1.165) is 39.0 Å². The number of hydrogen-bond donors (Lipinski definition) is 0. The zero-order valence-corrected chi connectivity index (χ0v) is 17.8. The van der Waals surface area contributed by atoms with Crippen molar-refractivity contribution in [1.29, 1.82) is 0 Å². The summed E-state index contributed by atoms with van der Waals surface area (Å²) < 4.78 is 40.0. The Morgan fingerprint density at radius 2 is 1.87 bits per heavy atom. The lowest BCUT2D eigenvalue weighted by atomic mass is 9.89. The van der Waals surface area contributed by atoms with Gasteiger partial charge in [0.2, 0.25) is 0 Å². The van der Waals surface area contributed by atoms with Gasteiger partial charge in [-0.25, -0.2) is 4.98 Å². The third-order valence-corrected chi connectivity index (χ3v) is 6.22. The molecule has 2 nitrogen and oxygen atoms in total. The Labute approximate surface area is 182 Å². The summed E-state index contributed by atoms with van der Waals surface area (Å²) in [6.45, 7) is 3.74. The molecule has 0 saturated carbocycles. The first-order valence-corrected chi connectivity index (χ1v) is 10.7. The lowest BCUT2D eigenvalue weighted by Gasteiger charge is -2.14. The summed E-state index contributed by atoms with van der Waals surface area (Å²) in [7, 11) is 0. The van der Waals surface area contributed by atoms with E-state index in [2.05, 4.69) is 4.98 Å². The van der Waals surface area contributed by atoms with Gasteiger partial charge in [0.15, 0.2) is 5.78 Å². The number of carbonyl (C=O) groups excluding carboxylic acids is 1. The number of ketones is 1. The minimum Gasteiger partial charge on any atom is -0.294 e. The summed E-state index contributed by atoms with van der Waals surface area (Å²) >= 11 is 1.58. The third-order valence-electron chi connectivity index (χ3n) is 5.41. The zero-order valence-electron chi connectivity index (χ0n) is 17.0. The molecule has 6 heteroatoms. The van der Waals surface area contributed by atoms with Crippen molar-refractivity contribution in [3.8, 4) is 11.1 Å². The molecule has 0 radical (unpaired) electrons. The van der Waals surface area contributed by atoms with Gasteiger partial charge in [-0.1, -0.05) is 43.3 Å². The number of rotatable bonds is 5. The molecule has 3 aromatic carbocycles. The fourth-order valence-corrected chi connectivity index (χ4v) is 4.38. The topological polar surface area (TPSA) is 30.0 Å². The molecule has 0 N–H and O–H groups in total. The Balaban J connectivity index is 1.59. The summed E-state index contributed by atoms with van der Waals surface area (Å²) in [5.74, 6) is -0.534. The Morgan fingerprint density at radius 1 is 1.06 bits per heavy atom. The molecule has 0 fully saturated rings. The van der Waals surface area contributed by atoms with E-state index in [1.165, 1.54) is 6.07 Å². The molecular formula is C25H20F3NOS. The lowest BCUT2D eigenvalue weighted by molar-refractivity contribution is -0.137. The molecule has 4 rings (SSSR count). The van der Waals surface area contributed by atoms with Crippen LogP contribution in [0.2, 0.25) is 0 Å². The van der Waals surface area contributed by atoms with Crippen molar-refractivity contribution in [3.05, 3.63) is 88.4 Å². The Bertz CT molecular complexity index is 1260. The van der Waals surface area contributed by atoms with Crippen LogP contribution >= 0.6 is 11.3 Å². The predicted molar refractivity (Wildman–Crippen MR) is 118 cm³/mol. The Hall–Kier alpha value is -2.99. The van der Waals surface area contributed by atoms with Crippen molar-refractivity contribution < 1.29 is 18.0 Å². The van der Waals surface area contributed by atoms with E-state index >= 15 is 0 Å². The predicted octanol–water partition coefficient (Wildman–Crippen LogP) is 7.35. The molecule has 0 unspecified atom stereocenters. The van der Waals surface area contributed by atoms with E-state index in [4.69, 9.17) is 0 Å². The molecular weight excluding hydrogens is 419 g/mol. The normalized spacial score (nSPS) is 12.8.